The highest BCUT2D eigenvalue weighted by molar-refractivity contribution is 9.10. The van der Waals surface area contributed by atoms with Crippen molar-refractivity contribution in [3.63, 3.8) is 0 Å². The van der Waals surface area contributed by atoms with E-state index in [0.29, 0.717) is 6.42 Å². The lowest BCUT2D eigenvalue weighted by atomic mass is 10.2. The number of alkyl halides is 2. The molecule has 2 N–H and O–H groups in total. The molecular weight excluding hydrogens is 345 g/mol. The van der Waals surface area contributed by atoms with Gasteiger partial charge < -0.3 is 14.5 Å². The molecule has 0 heterocycles. The smallest absolute Gasteiger partial charge is 0.402 e. The Kier molecular flexibility index (Phi) is 5.12. The fraction of sp³-hybridized carbons (Fsp3) is 0.455. The number of benzene rings is 1. The third-order valence-corrected chi connectivity index (χ3v) is 4.81. The van der Waals surface area contributed by atoms with E-state index in [1.165, 1.54) is 19.1 Å². The van der Waals surface area contributed by atoms with Crippen LogP contribution in [0.5, 0.6) is 5.75 Å². The monoisotopic (exact) mass is 358 g/mol. The van der Waals surface area contributed by atoms with Gasteiger partial charge in [0.05, 0.1) is 11.7 Å². The lowest BCUT2D eigenvalue weighted by molar-refractivity contribution is 0.0339. The van der Waals surface area contributed by atoms with Gasteiger partial charge in [0.2, 0.25) is 0 Å². The molecular formula is C11H14BrF2O4P. The molecule has 0 saturated carbocycles. The molecule has 8 heteroatoms. The van der Waals surface area contributed by atoms with Crippen LogP contribution < -0.4 is 0 Å². The van der Waals surface area contributed by atoms with E-state index >= 15 is 0 Å². The van der Waals surface area contributed by atoms with E-state index < -0.39 is 30.7 Å². The Labute approximate surface area is 118 Å². The standard InChI is InChI=1S/C11H14BrF2O4P/c1-3-7(2)18-19(16,17)11(13,14)9-6-8(15)4-5-10(9)12/h4-7,15H,3H2,1-2H3,(H,16,17). The molecule has 0 aliphatic rings. The lowest BCUT2D eigenvalue weighted by Gasteiger charge is -2.25. The Morgan fingerprint density at radius 3 is 2.63 bits per heavy atom. The highest BCUT2D eigenvalue weighted by Gasteiger charge is 2.54. The van der Waals surface area contributed by atoms with E-state index in [1.807, 2.05) is 0 Å². The van der Waals surface area contributed by atoms with Crippen molar-refractivity contribution in [3.05, 3.63) is 28.2 Å². The van der Waals surface area contributed by atoms with Crippen LogP contribution in [-0.2, 0) is 14.8 Å². The summed E-state index contributed by atoms with van der Waals surface area (Å²) in [6.45, 7) is 3.07. The zero-order valence-electron chi connectivity index (χ0n) is 10.3. The van der Waals surface area contributed by atoms with Crippen molar-refractivity contribution in [1.29, 1.82) is 0 Å². The van der Waals surface area contributed by atoms with Crippen LogP contribution in [-0.4, -0.2) is 16.1 Å². The van der Waals surface area contributed by atoms with E-state index in [2.05, 4.69) is 20.5 Å². The van der Waals surface area contributed by atoms with E-state index in [4.69, 9.17) is 0 Å². The molecule has 0 bridgehead atoms. The molecule has 0 aromatic heterocycles. The highest BCUT2D eigenvalue weighted by Crippen LogP contribution is 2.65. The van der Waals surface area contributed by atoms with Crippen molar-refractivity contribution in [2.24, 2.45) is 0 Å². The van der Waals surface area contributed by atoms with Crippen LogP contribution in [0.3, 0.4) is 0 Å². The molecule has 0 radical (unpaired) electrons. The predicted octanol–water partition coefficient (Wildman–Crippen LogP) is 4.20. The minimum atomic E-state index is -5.21. The van der Waals surface area contributed by atoms with Crippen LogP contribution in [0.15, 0.2) is 22.7 Å². The second-order valence-electron chi connectivity index (χ2n) is 4.05. The zero-order chi connectivity index (χ0) is 14.8. The number of hydrogen-bond donors (Lipinski definition) is 2. The van der Waals surface area contributed by atoms with Crippen LogP contribution in [0.1, 0.15) is 25.8 Å². The van der Waals surface area contributed by atoms with Gasteiger partial charge in [-0.3, -0.25) is 4.57 Å². The topological polar surface area (TPSA) is 66.8 Å². The molecule has 19 heavy (non-hydrogen) atoms. The summed E-state index contributed by atoms with van der Waals surface area (Å²) in [5, 5.41) is 9.23. The molecule has 0 saturated heterocycles. The molecule has 0 aliphatic carbocycles. The summed E-state index contributed by atoms with van der Waals surface area (Å²) < 4.78 is 44.4. The molecule has 0 fully saturated rings. The van der Waals surface area contributed by atoms with Gasteiger partial charge in [0, 0.05) is 4.47 Å². The summed E-state index contributed by atoms with van der Waals surface area (Å²) in [5.41, 5.74) is -4.91. The van der Waals surface area contributed by atoms with E-state index in [9.17, 15) is 23.3 Å². The maximum absolute atomic E-state index is 14.1. The molecule has 0 aliphatic heterocycles. The van der Waals surface area contributed by atoms with Gasteiger partial charge >= 0.3 is 13.3 Å². The van der Waals surface area contributed by atoms with E-state index in [1.54, 1.807) is 6.92 Å². The van der Waals surface area contributed by atoms with Gasteiger partial charge in [-0.05, 0) is 31.5 Å². The van der Waals surface area contributed by atoms with Gasteiger partial charge in [0.1, 0.15) is 5.75 Å². The van der Waals surface area contributed by atoms with Gasteiger partial charge in [0.25, 0.3) is 0 Å². The second kappa shape index (κ2) is 5.87. The molecule has 1 aromatic carbocycles. The summed E-state index contributed by atoms with van der Waals surface area (Å²) in [5.74, 6) is -0.429. The molecule has 2 unspecified atom stereocenters. The SMILES string of the molecule is CCC(C)OP(=O)(O)C(F)(F)c1cc(O)ccc1Br. The van der Waals surface area contributed by atoms with E-state index in [0.717, 1.165) is 6.07 Å². The third-order valence-electron chi connectivity index (χ3n) is 2.53. The largest absolute Gasteiger partial charge is 0.508 e. The predicted molar refractivity (Wildman–Crippen MR) is 70.4 cm³/mol. The number of aromatic hydroxyl groups is 1. The molecule has 1 aromatic rings. The van der Waals surface area contributed by atoms with Crippen molar-refractivity contribution in [3.8, 4) is 5.75 Å². The molecule has 0 spiro atoms. The summed E-state index contributed by atoms with van der Waals surface area (Å²) in [4.78, 5) is 9.49. The van der Waals surface area contributed by atoms with Crippen LogP contribution in [0.2, 0.25) is 0 Å². The maximum atomic E-state index is 14.1. The van der Waals surface area contributed by atoms with Gasteiger partial charge in [-0.2, -0.15) is 8.78 Å². The van der Waals surface area contributed by atoms with Crippen LogP contribution >= 0.6 is 23.5 Å². The average molecular weight is 359 g/mol. The molecule has 4 nitrogen and oxygen atoms in total. The first-order valence-corrected chi connectivity index (χ1v) is 7.87. The summed E-state index contributed by atoms with van der Waals surface area (Å²) in [7, 11) is -5.21. The molecule has 108 valence electrons. The quantitative estimate of drug-likeness (QED) is 0.774. The Morgan fingerprint density at radius 2 is 2.11 bits per heavy atom. The van der Waals surface area contributed by atoms with Crippen molar-refractivity contribution in [2.75, 3.05) is 0 Å². The van der Waals surface area contributed by atoms with Crippen LogP contribution in [0.25, 0.3) is 0 Å². The first-order chi connectivity index (χ1) is 8.61. The first-order valence-electron chi connectivity index (χ1n) is 5.50. The maximum Gasteiger partial charge on any atom is 0.402 e. The minimum Gasteiger partial charge on any atom is -0.508 e. The van der Waals surface area contributed by atoms with Crippen molar-refractivity contribution in [2.45, 2.75) is 32.0 Å². The number of phenolic OH excluding ortho intramolecular Hbond substituents is 1. The fourth-order valence-corrected chi connectivity index (χ4v) is 3.19. The summed E-state index contributed by atoms with van der Waals surface area (Å²) in [6, 6.07) is 3.08. The third kappa shape index (κ3) is 3.54. The summed E-state index contributed by atoms with van der Waals surface area (Å²) in [6.07, 6.45) is -0.459. The van der Waals surface area contributed by atoms with Gasteiger partial charge in [0.15, 0.2) is 0 Å². The van der Waals surface area contributed by atoms with Crippen LogP contribution in [0.4, 0.5) is 8.78 Å². The molecule has 2 atom stereocenters. The van der Waals surface area contributed by atoms with Crippen molar-refractivity contribution < 1.29 is 27.9 Å². The zero-order valence-corrected chi connectivity index (χ0v) is 12.8. The van der Waals surface area contributed by atoms with Crippen molar-refractivity contribution >= 4 is 23.5 Å². The number of hydrogen-bond acceptors (Lipinski definition) is 3. The van der Waals surface area contributed by atoms with E-state index in [-0.39, 0.29) is 4.47 Å². The molecule has 0 amide bonds. The van der Waals surface area contributed by atoms with Gasteiger partial charge in [-0.15, -0.1) is 0 Å². The fourth-order valence-electron chi connectivity index (χ4n) is 1.28. The highest BCUT2D eigenvalue weighted by atomic mass is 79.9. The van der Waals surface area contributed by atoms with Crippen molar-refractivity contribution in [1.82, 2.24) is 0 Å². The lowest BCUT2D eigenvalue weighted by Crippen LogP contribution is -2.19. The summed E-state index contributed by atoms with van der Waals surface area (Å²) >= 11 is 2.86. The second-order valence-corrected chi connectivity index (χ2v) is 6.72. The van der Waals surface area contributed by atoms with Gasteiger partial charge in [-0.1, -0.05) is 22.9 Å². The number of halogens is 3. The Morgan fingerprint density at radius 1 is 1.53 bits per heavy atom. The average Bonchev–Trinajstić information content (AvgIpc) is 2.31. The Hall–Kier alpha value is -0.490. The first kappa shape index (κ1) is 16.6. The molecule has 1 rings (SSSR count). The normalized spacial score (nSPS) is 16.9. The minimum absolute atomic E-state index is 0.0858. The number of phenols is 1. The van der Waals surface area contributed by atoms with Crippen LogP contribution in [0, 0.1) is 0 Å². The number of rotatable bonds is 5. The Balaban J connectivity index is 3.22. The Bertz CT molecular complexity index is 509. The van der Waals surface area contributed by atoms with Gasteiger partial charge in [-0.25, -0.2) is 0 Å².